The van der Waals surface area contributed by atoms with Crippen molar-refractivity contribution in [3.63, 3.8) is 0 Å². The van der Waals surface area contributed by atoms with E-state index in [1.807, 2.05) is 0 Å². The van der Waals surface area contributed by atoms with Gasteiger partial charge < -0.3 is 24.6 Å². The summed E-state index contributed by atoms with van der Waals surface area (Å²) in [7, 11) is -1.42. The molecule has 1 aliphatic rings. The highest BCUT2D eigenvalue weighted by molar-refractivity contribution is 6.58. The zero-order valence-electron chi connectivity index (χ0n) is 12.7. The van der Waals surface area contributed by atoms with Gasteiger partial charge in [0.25, 0.3) is 0 Å². The van der Waals surface area contributed by atoms with E-state index in [9.17, 15) is 0 Å². The molecule has 0 aliphatic carbocycles. The van der Waals surface area contributed by atoms with Crippen LogP contribution in [-0.4, -0.2) is 72.8 Å². The second kappa shape index (κ2) is 8.39. The van der Waals surface area contributed by atoms with Gasteiger partial charge in [0.1, 0.15) is 5.75 Å². The normalized spacial score (nSPS) is 16.9. The third kappa shape index (κ3) is 5.32. The first-order valence-electron chi connectivity index (χ1n) is 7.72. The van der Waals surface area contributed by atoms with Crippen molar-refractivity contribution in [2.45, 2.75) is 13.3 Å². The van der Waals surface area contributed by atoms with Crippen LogP contribution < -0.4 is 10.2 Å². The third-order valence-electron chi connectivity index (χ3n) is 3.98. The number of hydrogen-bond donors (Lipinski definition) is 2. The molecule has 1 saturated heterocycles. The van der Waals surface area contributed by atoms with Crippen LogP contribution in [-0.2, 0) is 0 Å². The Kier molecular flexibility index (Phi) is 6.51. The molecule has 1 heterocycles. The van der Waals surface area contributed by atoms with Crippen molar-refractivity contribution in [3.05, 3.63) is 24.3 Å². The molecule has 21 heavy (non-hydrogen) atoms. The number of benzene rings is 1. The predicted molar refractivity (Wildman–Crippen MR) is 84.9 cm³/mol. The first-order valence-corrected chi connectivity index (χ1v) is 7.72. The fourth-order valence-electron chi connectivity index (χ4n) is 2.54. The van der Waals surface area contributed by atoms with Crippen molar-refractivity contribution in [1.82, 2.24) is 9.80 Å². The molecule has 2 rings (SSSR count). The molecule has 5 nitrogen and oxygen atoms in total. The van der Waals surface area contributed by atoms with E-state index in [0.29, 0.717) is 12.1 Å². The molecule has 1 aromatic rings. The molecule has 0 aromatic heterocycles. The van der Waals surface area contributed by atoms with E-state index in [2.05, 4.69) is 16.7 Å². The van der Waals surface area contributed by atoms with Crippen molar-refractivity contribution in [2.75, 3.05) is 45.9 Å². The lowest BCUT2D eigenvalue weighted by atomic mass is 9.80. The highest BCUT2D eigenvalue weighted by Gasteiger charge is 2.14. The molecule has 116 valence electrons. The molecule has 0 bridgehead atoms. The molecule has 0 amide bonds. The van der Waals surface area contributed by atoms with Crippen molar-refractivity contribution in [2.24, 2.45) is 0 Å². The summed E-state index contributed by atoms with van der Waals surface area (Å²) in [5, 5.41) is 18.0. The van der Waals surface area contributed by atoms with Gasteiger partial charge in [0.15, 0.2) is 0 Å². The Balaban J connectivity index is 1.61. The number of ether oxygens (including phenoxy) is 1. The molecular formula is C15H25BN2O3. The Labute approximate surface area is 127 Å². The molecule has 1 fully saturated rings. The predicted octanol–water partition coefficient (Wildman–Crippen LogP) is -0.227. The number of hydrogen-bond acceptors (Lipinski definition) is 5. The quantitative estimate of drug-likeness (QED) is 0.537. The Hall–Kier alpha value is -1.08. The lowest BCUT2D eigenvalue weighted by Crippen LogP contribution is -2.46. The topological polar surface area (TPSA) is 56.2 Å². The second-order valence-corrected chi connectivity index (χ2v) is 5.42. The van der Waals surface area contributed by atoms with Gasteiger partial charge in [0.2, 0.25) is 0 Å². The van der Waals surface area contributed by atoms with Gasteiger partial charge in [-0.25, -0.2) is 0 Å². The summed E-state index contributed by atoms with van der Waals surface area (Å²) in [4.78, 5) is 4.96. The molecular weight excluding hydrogens is 267 g/mol. The number of nitrogens with zero attached hydrogens (tertiary/aromatic N) is 2. The number of likely N-dealkylation sites (N-methyl/N-ethyl adjacent to an activating group) is 1. The van der Waals surface area contributed by atoms with E-state index in [1.165, 1.54) is 13.1 Å². The summed E-state index contributed by atoms with van der Waals surface area (Å²) in [6.07, 6.45) is 1.01. The molecule has 0 spiro atoms. The van der Waals surface area contributed by atoms with Crippen LogP contribution in [0.25, 0.3) is 0 Å². The summed E-state index contributed by atoms with van der Waals surface area (Å²) >= 11 is 0. The molecule has 2 N–H and O–H groups in total. The van der Waals surface area contributed by atoms with Gasteiger partial charge in [0.05, 0.1) is 6.61 Å². The van der Waals surface area contributed by atoms with E-state index in [4.69, 9.17) is 14.8 Å². The van der Waals surface area contributed by atoms with Crippen LogP contribution in [0, 0.1) is 0 Å². The van der Waals surface area contributed by atoms with Crippen LogP contribution in [0.1, 0.15) is 13.3 Å². The number of rotatable bonds is 7. The van der Waals surface area contributed by atoms with Gasteiger partial charge in [-0.2, -0.15) is 0 Å². The van der Waals surface area contributed by atoms with Gasteiger partial charge in [-0.15, -0.1) is 0 Å². The molecule has 0 radical (unpaired) electrons. The number of piperazine rings is 1. The van der Waals surface area contributed by atoms with E-state index >= 15 is 0 Å². The molecule has 1 aromatic carbocycles. The van der Waals surface area contributed by atoms with Gasteiger partial charge >= 0.3 is 7.12 Å². The Morgan fingerprint density at radius 1 is 1.05 bits per heavy atom. The molecule has 0 unspecified atom stereocenters. The first-order chi connectivity index (χ1) is 10.2. The minimum absolute atomic E-state index is 0.483. The zero-order valence-corrected chi connectivity index (χ0v) is 12.7. The highest BCUT2D eigenvalue weighted by Crippen LogP contribution is 2.08. The maximum absolute atomic E-state index is 9.02. The van der Waals surface area contributed by atoms with Crippen LogP contribution in [0.5, 0.6) is 5.75 Å². The Bertz CT molecular complexity index is 406. The molecule has 1 aliphatic heterocycles. The van der Waals surface area contributed by atoms with Crippen molar-refractivity contribution in [1.29, 1.82) is 0 Å². The van der Waals surface area contributed by atoms with Crippen molar-refractivity contribution < 1.29 is 14.8 Å². The lowest BCUT2D eigenvalue weighted by Gasteiger charge is -2.33. The fraction of sp³-hybridized carbons (Fsp3) is 0.600. The van der Waals surface area contributed by atoms with Crippen molar-refractivity contribution >= 4 is 12.6 Å². The average molecular weight is 292 g/mol. The SMILES string of the molecule is CCN1CCN(CCCOc2ccc(B(O)O)cc2)CC1. The molecule has 0 saturated carbocycles. The fourth-order valence-corrected chi connectivity index (χ4v) is 2.54. The second-order valence-electron chi connectivity index (χ2n) is 5.42. The van der Waals surface area contributed by atoms with Gasteiger partial charge in [-0.05, 0) is 30.6 Å². The van der Waals surface area contributed by atoms with E-state index in [1.54, 1.807) is 24.3 Å². The highest BCUT2D eigenvalue weighted by atomic mass is 16.5. The Morgan fingerprint density at radius 3 is 2.24 bits per heavy atom. The first kappa shape index (κ1) is 16.3. The summed E-state index contributed by atoms with van der Waals surface area (Å²) in [6.45, 7) is 9.76. The maximum atomic E-state index is 9.02. The summed E-state index contributed by atoms with van der Waals surface area (Å²) in [5.41, 5.74) is 0.483. The van der Waals surface area contributed by atoms with Crippen LogP contribution >= 0.6 is 0 Å². The van der Waals surface area contributed by atoms with Gasteiger partial charge in [0, 0.05) is 32.7 Å². The van der Waals surface area contributed by atoms with Gasteiger partial charge in [-0.3, -0.25) is 0 Å². The Morgan fingerprint density at radius 2 is 1.67 bits per heavy atom. The monoisotopic (exact) mass is 292 g/mol. The molecule has 0 atom stereocenters. The van der Waals surface area contributed by atoms with E-state index < -0.39 is 7.12 Å². The summed E-state index contributed by atoms with van der Waals surface area (Å²) in [5.74, 6) is 0.773. The van der Waals surface area contributed by atoms with E-state index in [0.717, 1.165) is 38.3 Å². The largest absolute Gasteiger partial charge is 0.494 e. The van der Waals surface area contributed by atoms with Crippen LogP contribution in [0.3, 0.4) is 0 Å². The lowest BCUT2D eigenvalue weighted by molar-refractivity contribution is 0.130. The van der Waals surface area contributed by atoms with Crippen LogP contribution in [0.4, 0.5) is 0 Å². The standard InChI is InChI=1S/C15H25BN2O3/c1-2-17-9-11-18(12-10-17)8-3-13-21-15-6-4-14(5-7-15)16(19)20/h4-7,19-20H,2-3,8-13H2,1H3. The summed E-state index contributed by atoms with van der Waals surface area (Å²) < 4.78 is 5.67. The van der Waals surface area contributed by atoms with Crippen LogP contribution in [0.15, 0.2) is 24.3 Å². The maximum Gasteiger partial charge on any atom is 0.488 e. The average Bonchev–Trinajstić information content (AvgIpc) is 2.52. The van der Waals surface area contributed by atoms with Gasteiger partial charge in [-0.1, -0.05) is 19.1 Å². The smallest absolute Gasteiger partial charge is 0.488 e. The summed E-state index contributed by atoms with van der Waals surface area (Å²) in [6, 6.07) is 6.89. The molecule has 6 heteroatoms. The minimum Gasteiger partial charge on any atom is -0.494 e. The van der Waals surface area contributed by atoms with Crippen LogP contribution in [0.2, 0.25) is 0 Å². The third-order valence-corrected chi connectivity index (χ3v) is 3.98. The zero-order chi connectivity index (χ0) is 15.1. The van der Waals surface area contributed by atoms with Crippen molar-refractivity contribution in [3.8, 4) is 5.75 Å². The van der Waals surface area contributed by atoms with E-state index in [-0.39, 0.29) is 0 Å². The minimum atomic E-state index is -1.42.